The molecule has 1 saturated heterocycles. The van der Waals surface area contributed by atoms with Crippen LogP contribution in [0.25, 0.3) is 0 Å². The van der Waals surface area contributed by atoms with Crippen molar-refractivity contribution in [3.05, 3.63) is 11.6 Å². The van der Waals surface area contributed by atoms with Crippen molar-refractivity contribution in [3.63, 3.8) is 0 Å². The summed E-state index contributed by atoms with van der Waals surface area (Å²) in [6.45, 7) is 6.02. The quantitative estimate of drug-likeness (QED) is 0.805. The van der Waals surface area contributed by atoms with Crippen molar-refractivity contribution in [3.8, 4) is 0 Å². The van der Waals surface area contributed by atoms with Crippen LogP contribution in [0.1, 0.15) is 49.6 Å². The minimum absolute atomic E-state index is 0.201. The minimum atomic E-state index is -0.241. The van der Waals surface area contributed by atoms with Crippen LogP contribution in [0.4, 0.5) is 0 Å². The first-order valence-corrected chi connectivity index (χ1v) is 6.06. The van der Waals surface area contributed by atoms with Gasteiger partial charge in [0, 0.05) is 12.1 Å². The number of nitrogens with one attached hydrogen (secondary N) is 2. The maximum atomic E-state index is 11.9. The number of nitrogens with zero attached hydrogens (tertiary/aromatic N) is 3. The van der Waals surface area contributed by atoms with Gasteiger partial charge in [-0.05, 0) is 33.6 Å². The molecule has 17 heavy (non-hydrogen) atoms. The molecule has 1 aromatic rings. The molecule has 0 aliphatic carbocycles. The monoisotopic (exact) mass is 237 g/mol. The third-order valence-electron chi connectivity index (χ3n) is 3.22. The number of hydrogen-bond acceptors (Lipinski definition) is 4. The maximum Gasteiger partial charge on any atom is 0.305 e. The summed E-state index contributed by atoms with van der Waals surface area (Å²) in [6.07, 6.45) is 3.43. The van der Waals surface area contributed by atoms with Gasteiger partial charge in [-0.3, -0.25) is 15.3 Å². The summed E-state index contributed by atoms with van der Waals surface area (Å²) in [4.78, 5) is 15.9. The number of aryl methyl sites for hydroxylation is 1. The van der Waals surface area contributed by atoms with Crippen LogP contribution in [-0.2, 0) is 0 Å². The number of aromatic nitrogens is 3. The molecule has 2 heterocycles. The Morgan fingerprint density at radius 2 is 2.06 bits per heavy atom. The van der Waals surface area contributed by atoms with Crippen molar-refractivity contribution in [2.75, 3.05) is 0 Å². The maximum absolute atomic E-state index is 11.9. The van der Waals surface area contributed by atoms with Gasteiger partial charge in [-0.25, -0.2) is 9.99 Å². The number of piperidine rings is 1. The Bertz CT molecular complexity index is 392. The normalized spacial score (nSPS) is 25.8. The first-order chi connectivity index (χ1) is 8.08. The molecule has 2 atom stereocenters. The molecule has 2 unspecified atom stereocenters. The lowest BCUT2D eigenvalue weighted by Crippen LogP contribution is -2.54. The van der Waals surface area contributed by atoms with Crippen molar-refractivity contribution < 1.29 is 4.79 Å². The fourth-order valence-electron chi connectivity index (χ4n) is 2.25. The lowest BCUT2D eigenvalue weighted by Gasteiger charge is -2.38. The highest BCUT2D eigenvalue weighted by atomic mass is 16.2. The topological polar surface area (TPSA) is 73.9 Å². The molecule has 0 saturated carbocycles. The van der Waals surface area contributed by atoms with Crippen molar-refractivity contribution in [1.82, 2.24) is 25.6 Å². The summed E-state index contributed by atoms with van der Waals surface area (Å²) < 4.78 is 0. The Morgan fingerprint density at radius 1 is 1.41 bits per heavy atom. The summed E-state index contributed by atoms with van der Waals surface area (Å²) >= 11 is 0. The van der Waals surface area contributed by atoms with Gasteiger partial charge in [0.1, 0.15) is 5.82 Å². The van der Waals surface area contributed by atoms with Crippen molar-refractivity contribution in [2.24, 2.45) is 0 Å². The molecule has 6 nitrogen and oxygen atoms in total. The van der Waals surface area contributed by atoms with E-state index in [0.717, 1.165) is 12.8 Å². The van der Waals surface area contributed by atoms with Gasteiger partial charge < -0.3 is 0 Å². The van der Waals surface area contributed by atoms with Crippen LogP contribution in [0.15, 0.2) is 0 Å². The molecular weight excluding hydrogens is 218 g/mol. The average molecular weight is 237 g/mol. The van der Waals surface area contributed by atoms with E-state index >= 15 is 0 Å². The number of aromatic amines is 1. The Labute approximate surface area is 101 Å². The smallest absolute Gasteiger partial charge is 0.281 e. The molecule has 0 radical (unpaired) electrons. The van der Waals surface area contributed by atoms with Crippen molar-refractivity contribution in [1.29, 1.82) is 0 Å². The number of H-pyrrole nitrogens is 1. The van der Waals surface area contributed by atoms with E-state index in [1.165, 1.54) is 6.42 Å². The second kappa shape index (κ2) is 4.83. The molecule has 1 aliphatic heterocycles. The molecule has 0 aromatic carbocycles. The number of carbonyl (C=O) groups is 1. The Balaban J connectivity index is 2.02. The van der Waals surface area contributed by atoms with Gasteiger partial charge in [-0.2, -0.15) is 0 Å². The summed E-state index contributed by atoms with van der Waals surface area (Å²) in [6, 6.07) is 0.727. The molecule has 1 fully saturated rings. The highest BCUT2D eigenvalue weighted by Gasteiger charge is 2.27. The van der Waals surface area contributed by atoms with Crippen LogP contribution >= 0.6 is 0 Å². The van der Waals surface area contributed by atoms with E-state index in [1.54, 1.807) is 6.92 Å². The van der Waals surface area contributed by atoms with Crippen LogP contribution < -0.4 is 5.43 Å². The van der Waals surface area contributed by atoms with Crippen molar-refractivity contribution in [2.45, 2.75) is 52.1 Å². The molecule has 0 bridgehead atoms. The van der Waals surface area contributed by atoms with Crippen LogP contribution in [-0.4, -0.2) is 38.2 Å². The lowest BCUT2D eigenvalue weighted by atomic mass is 10.00. The van der Waals surface area contributed by atoms with Crippen LogP contribution in [0.2, 0.25) is 0 Å². The zero-order chi connectivity index (χ0) is 12.4. The van der Waals surface area contributed by atoms with Gasteiger partial charge in [-0.1, -0.05) is 6.42 Å². The molecule has 0 spiro atoms. The number of carbonyl (C=O) groups excluding carboxylic acids is 1. The van der Waals surface area contributed by atoms with Gasteiger partial charge >= 0.3 is 5.91 Å². The second-order valence-corrected chi connectivity index (χ2v) is 4.72. The molecule has 1 amide bonds. The number of rotatable bonds is 2. The Kier molecular flexibility index (Phi) is 3.42. The average Bonchev–Trinajstić information content (AvgIpc) is 2.70. The van der Waals surface area contributed by atoms with Crippen LogP contribution in [0, 0.1) is 6.92 Å². The fourth-order valence-corrected chi connectivity index (χ4v) is 2.25. The third-order valence-corrected chi connectivity index (χ3v) is 3.22. The van der Waals surface area contributed by atoms with E-state index in [0.29, 0.717) is 17.9 Å². The summed E-state index contributed by atoms with van der Waals surface area (Å²) in [5, 5.41) is 8.54. The second-order valence-electron chi connectivity index (χ2n) is 4.72. The molecular formula is C11H19N5O. The van der Waals surface area contributed by atoms with E-state index in [-0.39, 0.29) is 11.7 Å². The highest BCUT2D eigenvalue weighted by molar-refractivity contribution is 5.89. The highest BCUT2D eigenvalue weighted by Crippen LogP contribution is 2.20. The zero-order valence-electron chi connectivity index (χ0n) is 10.5. The summed E-state index contributed by atoms with van der Waals surface area (Å²) in [5.41, 5.74) is 2.90. The number of hydrazine groups is 1. The predicted molar refractivity (Wildman–Crippen MR) is 63.2 cm³/mol. The number of hydrogen-bond donors (Lipinski definition) is 2. The largest absolute Gasteiger partial charge is 0.305 e. The molecule has 94 valence electrons. The van der Waals surface area contributed by atoms with Gasteiger partial charge in [0.2, 0.25) is 5.82 Å². The lowest BCUT2D eigenvalue weighted by molar-refractivity contribution is 0.0362. The van der Waals surface area contributed by atoms with Gasteiger partial charge in [0.15, 0.2) is 0 Å². The van der Waals surface area contributed by atoms with Gasteiger partial charge in [0.05, 0.1) is 0 Å². The first-order valence-electron chi connectivity index (χ1n) is 6.06. The van der Waals surface area contributed by atoms with Crippen molar-refractivity contribution >= 4 is 5.91 Å². The molecule has 1 aromatic heterocycles. The Hall–Kier alpha value is -1.43. The molecule has 6 heteroatoms. The molecule has 2 rings (SSSR count). The summed E-state index contributed by atoms with van der Waals surface area (Å²) in [7, 11) is 0. The third kappa shape index (κ3) is 2.63. The number of amides is 1. The fraction of sp³-hybridized carbons (Fsp3) is 0.727. The van der Waals surface area contributed by atoms with E-state index in [4.69, 9.17) is 0 Å². The zero-order valence-corrected chi connectivity index (χ0v) is 10.5. The SMILES string of the molecule is Cc1nc(C(=O)NN2C(C)CCCC2C)n[nH]1. The van der Waals surface area contributed by atoms with E-state index in [2.05, 4.69) is 34.5 Å². The van der Waals surface area contributed by atoms with Crippen LogP contribution in [0.3, 0.4) is 0 Å². The van der Waals surface area contributed by atoms with Gasteiger partial charge in [-0.15, -0.1) is 5.10 Å². The van der Waals surface area contributed by atoms with E-state index < -0.39 is 0 Å². The van der Waals surface area contributed by atoms with E-state index in [9.17, 15) is 4.79 Å². The standard InChI is InChI=1S/C11H19N5O/c1-7-5-4-6-8(2)16(7)15-11(17)10-12-9(3)13-14-10/h7-8H,4-6H2,1-3H3,(H,15,17)(H,12,13,14). The summed E-state index contributed by atoms with van der Waals surface area (Å²) in [5.74, 6) is 0.609. The molecule has 2 N–H and O–H groups in total. The van der Waals surface area contributed by atoms with Gasteiger partial charge in [0.25, 0.3) is 0 Å². The Morgan fingerprint density at radius 3 is 2.59 bits per heavy atom. The van der Waals surface area contributed by atoms with Crippen LogP contribution in [0.5, 0.6) is 0 Å². The van der Waals surface area contributed by atoms with E-state index in [1.807, 2.05) is 5.01 Å². The molecule has 1 aliphatic rings. The minimum Gasteiger partial charge on any atom is -0.281 e. The first kappa shape index (κ1) is 12.0. The predicted octanol–water partition coefficient (Wildman–Crippen LogP) is 1.02.